The third kappa shape index (κ3) is 2.94. The monoisotopic (exact) mass is 254 g/mol. The summed E-state index contributed by atoms with van der Waals surface area (Å²) in [6.07, 6.45) is 5.71. The first kappa shape index (κ1) is 12.3. The van der Waals surface area contributed by atoms with Crippen molar-refractivity contribution in [2.45, 2.75) is 51.6 Å². The molecule has 0 amide bonds. The van der Waals surface area contributed by atoms with E-state index in [2.05, 4.69) is 5.10 Å². The average Bonchev–Trinajstić information content (AvgIpc) is 2.63. The van der Waals surface area contributed by atoms with Gasteiger partial charge in [0.15, 0.2) is 0 Å². The molecule has 0 radical (unpaired) electrons. The van der Waals surface area contributed by atoms with Crippen molar-refractivity contribution < 1.29 is 0 Å². The standard InChI is InChI=1S/C11H18N4OS/c12-9(17)5-1-4-8-15-11(16)14-7-3-2-6-10(14)13-15/h1-8H2,(H2,12,17). The molecule has 2 rings (SSSR count). The normalized spacial score (nSPS) is 14.6. The van der Waals surface area contributed by atoms with Crippen LogP contribution >= 0.6 is 12.2 Å². The summed E-state index contributed by atoms with van der Waals surface area (Å²) in [4.78, 5) is 12.5. The zero-order valence-corrected chi connectivity index (χ0v) is 10.7. The number of unbranched alkanes of at least 4 members (excludes halogenated alkanes) is 1. The van der Waals surface area contributed by atoms with Crippen molar-refractivity contribution in [3.05, 3.63) is 16.3 Å². The number of thiocarbonyl (C=S) groups is 1. The van der Waals surface area contributed by atoms with Gasteiger partial charge < -0.3 is 5.73 Å². The third-order valence-electron chi connectivity index (χ3n) is 3.07. The molecule has 94 valence electrons. The second-order valence-corrected chi connectivity index (χ2v) is 4.98. The third-order valence-corrected chi connectivity index (χ3v) is 3.28. The number of fused-ring (bicyclic) bond motifs is 1. The van der Waals surface area contributed by atoms with Gasteiger partial charge in [0.25, 0.3) is 0 Å². The van der Waals surface area contributed by atoms with E-state index in [9.17, 15) is 4.79 Å². The van der Waals surface area contributed by atoms with Crippen LogP contribution in [0.5, 0.6) is 0 Å². The molecule has 0 bridgehead atoms. The van der Waals surface area contributed by atoms with Crippen molar-refractivity contribution in [1.82, 2.24) is 14.3 Å². The molecule has 0 aromatic carbocycles. The summed E-state index contributed by atoms with van der Waals surface area (Å²) in [5.74, 6) is 0.940. The van der Waals surface area contributed by atoms with Gasteiger partial charge in [0.05, 0.1) is 4.99 Å². The van der Waals surface area contributed by atoms with E-state index in [0.29, 0.717) is 11.5 Å². The minimum atomic E-state index is 0.0371. The van der Waals surface area contributed by atoms with Crippen LogP contribution in [0.15, 0.2) is 4.79 Å². The van der Waals surface area contributed by atoms with Crippen molar-refractivity contribution in [2.24, 2.45) is 5.73 Å². The number of rotatable bonds is 5. The lowest BCUT2D eigenvalue weighted by Crippen LogP contribution is -2.27. The van der Waals surface area contributed by atoms with Crippen LogP contribution in [0.1, 0.15) is 37.9 Å². The quantitative estimate of drug-likeness (QED) is 0.624. The molecule has 0 saturated heterocycles. The molecule has 6 heteroatoms. The van der Waals surface area contributed by atoms with Gasteiger partial charge in [-0.1, -0.05) is 12.2 Å². The molecule has 0 atom stereocenters. The Morgan fingerprint density at radius 3 is 2.94 bits per heavy atom. The Kier molecular flexibility index (Phi) is 3.93. The number of nitrogens with zero attached hydrogens (tertiary/aromatic N) is 3. The molecular formula is C11H18N4OS. The largest absolute Gasteiger partial charge is 0.393 e. The maximum Gasteiger partial charge on any atom is 0.345 e. The van der Waals surface area contributed by atoms with Crippen molar-refractivity contribution >= 4 is 17.2 Å². The van der Waals surface area contributed by atoms with Crippen LogP contribution in [0.25, 0.3) is 0 Å². The molecule has 1 aromatic rings. The highest BCUT2D eigenvalue weighted by Crippen LogP contribution is 2.09. The predicted molar refractivity (Wildman–Crippen MR) is 70.1 cm³/mol. The first-order chi connectivity index (χ1) is 8.18. The van der Waals surface area contributed by atoms with E-state index in [1.54, 1.807) is 9.25 Å². The van der Waals surface area contributed by atoms with E-state index in [1.165, 1.54) is 0 Å². The fourth-order valence-corrected chi connectivity index (χ4v) is 2.30. The van der Waals surface area contributed by atoms with Crippen LogP contribution < -0.4 is 11.4 Å². The molecular weight excluding hydrogens is 236 g/mol. The van der Waals surface area contributed by atoms with Crippen LogP contribution in [0.2, 0.25) is 0 Å². The van der Waals surface area contributed by atoms with Gasteiger partial charge in [-0.25, -0.2) is 9.48 Å². The van der Waals surface area contributed by atoms with Gasteiger partial charge >= 0.3 is 5.69 Å². The fourth-order valence-electron chi connectivity index (χ4n) is 2.15. The highest BCUT2D eigenvalue weighted by Gasteiger charge is 2.15. The summed E-state index contributed by atoms with van der Waals surface area (Å²) in [6, 6.07) is 0. The molecule has 0 spiro atoms. The first-order valence-corrected chi connectivity index (χ1v) is 6.54. The fraction of sp³-hybridized carbons (Fsp3) is 0.727. The Morgan fingerprint density at radius 1 is 1.41 bits per heavy atom. The molecule has 2 N–H and O–H groups in total. The summed E-state index contributed by atoms with van der Waals surface area (Å²) < 4.78 is 3.39. The lowest BCUT2D eigenvalue weighted by atomic mass is 10.2. The first-order valence-electron chi connectivity index (χ1n) is 6.13. The van der Waals surface area contributed by atoms with Crippen molar-refractivity contribution in [3.63, 3.8) is 0 Å². The molecule has 17 heavy (non-hydrogen) atoms. The number of hydrogen-bond acceptors (Lipinski definition) is 3. The Bertz CT molecular complexity index is 463. The second kappa shape index (κ2) is 5.44. The van der Waals surface area contributed by atoms with Gasteiger partial charge in [-0.3, -0.25) is 4.57 Å². The molecule has 1 aliphatic rings. The van der Waals surface area contributed by atoms with Gasteiger partial charge in [0.1, 0.15) is 5.82 Å². The Labute approximate surface area is 106 Å². The van der Waals surface area contributed by atoms with E-state index < -0.39 is 0 Å². The lowest BCUT2D eigenvalue weighted by Gasteiger charge is -2.09. The lowest BCUT2D eigenvalue weighted by molar-refractivity contribution is 0.508. The van der Waals surface area contributed by atoms with E-state index in [-0.39, 0.29) is 5.69 Å². The molecule has 0 fully saturated rings. The van der Waals surface area contributed by atoms with Gasteiger partial charge in [0.2, 0.25) is 0 Å². The van der Waals surface area contributed by atoms with E-state index >= 15 is 0 Å². The van der Waals surface area contributed by atoms with Gasteiger partial charge in [-0.05, 0) is 32.1 Å². The number of hydrogen-bond donors (Lipinski definition) is 1. The van der Waals surface area contributed by atoms with Gasteiger partial charge in [-0.15, -0.1) is 0 Å². The highest BCUT2D eigenvalue weighted by molar-refractivity contribution is 7.80. The molecule has 0 unspecified atom stereocenters. The van der Waals surface area contributed by atoms with Gasteiger partial charge in [-0.2, -0.15) is 5.10 Å². The Morgan fingerprint density at radius 2 is 2.24 bits per heavy atom. The van der Waals surface area contributed by atoms with Crippen LogP contribution in [-0.2, 0) is 19.5 Å². The molecule has 5 nitrogen and oxygen atoms in total. The van der Waals surface area contributed by atoms with Crippen molar-refractivity contribution in [1.29, 1.82) is 0 Å². The molecule has 2 heterocycles. The SMILES string of the molecule is NC(=S)CCCCn1nc2n(c1=O)CCCC2. The Hall–Kier alpha value is -1.17. The van der Waals surface area contributed by atoms with Gasteiger partial charge in [0, 0.05) is 19.5 Å². The smallest absolute Gasteiger partial charge is 0.345 e. The van der Waals surface area contributed by atoms with Crippen LogP contribution in [-0.4, -0.2) is 19.3 Å². The molecule has 0 saturated carbocycles. The molecule has 1 aromatic heterocycles. The average molecular weight is 254 g/mol. The van der Waals surface area contributed by atoms with E-state index in [0.717, 1.165) is 50.9 Å². The van der Waals surface area contributed by atoms with E-state index in [1.807, 2.05) is 0 Å². The minimum absolute atomic E-state index is 0.0371. The minimum Gasteiger partial charge on any atom is -0.393 e. The number of aryl methyl sites for hydroxylation is 2. The Balaban J connectivity index is 1.95. The van der Waals surface area contributed by atoms with Crippen LogP contribution in [0.3, 0.4) is 0 Å². The topological polar surface area (TPSA) is 65.8 Å². The van der Waals surface area contributed by atoms with Crippen molar-refractivity contribution in [2.75, 3.05) is 0 Å². The summed E-state index contributed by atoms with van der Waals surface area (Å²) in [7, 11) is 0. The summed E-state index contributed by atoms with van der Waals surface area (Å²) in [5, 5.41) is 4.37. The van der Waals surface area contributed by atoms with Crippen LogP contribution in [0.4, 0.5) is 0 Å². The number of aromatic nitrogens is 3. The summed E-state index contributed by atoms with van der Waals surface area (Å²) in [5.41, 5.74) is 5.46. The number of nitrogens with two attached hydrogens (primary N) is 1. The summed E-state index contributed by atoms with van der Waals surface area (Å²) >= 11 is 4.81. The zero-order valence-electron chi connectivity index (χ0n) is 9.89. The maximum absolute atomic E-state index is 12.0. The molecule has 1 aliphatic heterocycles. The second-order valence-electron chi connectivity index (χ2n) is 4.45. The van der Waals surface area contributed by atoms with Crippen molar-refractivity contribution in [3.8, 4) is 0 Å². The zero-order chi connectivity index (χ0) is 12.3. The molecule has 0 aliphatic carbocycles. The summed E-state index contributed by atoms with van der Waals surface area (Å²) in [6.45, 7) is 1.49. The maximum atomic E-state index is 12.0. The predicted octanol–water partition coefficient (Wildman–Crippen LogP) is 0.837. The van der Waals surface area contributed by atoms with Crippen LogP contribution in [0, 0.1) is 0 Å². The highest BCUT2D eigenvalue weighted by atomic mass is 32.1. The van der Waals surface area contributed by atoms with E-state index in [4.69, 9.17) is 18.0 Å².